The summed E-state index contributed by atoms with van der Waals surface area (Å²) in [5.74, 6) is -1.01. The van der Waals surface area contributed by atoms with Crippen LogP contribution in [0.1, 0.15) is 30.6 Å². The second-order valence-corrected chi connectivity index (χ2v) is 7.38. The van der Waals surface area contributed by atoms with Crippen molar-refractivity contribution in [2.24, 2.45) is 5.92 Å². The molecular formula is C12H15Cl2NO4S. The summed E-state index contributed by atoms with van der Waals surface area (Å²) in [6, 6.07) is 2.30. The van der Waals surface area contributed by atoms with Gasteiger partial charge in [0.25, 0.3) is 0 Å². The Hall–Kier alpha value is -0.980. The van der Waals surface area contributed by atoms with Gasteiger partial charge in [-0.15, -0.1) is 0 Å². The number of hydrogen-bond acceptors (Lipinski definition) is 3. The van der Waals surface area contributed by atoms with E-state index in [2.05, 4.69) is 4.72 Å². The molecule has 0 amide bonds. The molecule has 1 rings (SSSR count). The SMILES string of the molecule is CC(C)CCS(=O)(=O)Nc1c(Cl)cc(C(=O)O)cc1Cl. The summed E-state index contributed by atoms with van der Waals surface area (Å²) in [5, 5.41) is 8.74. The largest absolute Gasteiger partial charge is 0.478 e. The van der Waals surface area contributed by atoms with Gasteiger partial charge in [-0.25, -0.2) is 13.2 Å². The normalized spacial score (nSPS) is 11.7. The Balaban J connectivity index is 3.01. The third-order valence-electron chi connectivity index (χ3n) is 2.51. The fourth-order valence-electron chi connectivity index (χ4n) is 1.39. The summed E-state index contributed by atoms with van der Waals surface area (Å²) in [6.45, 7) is 3.83. The van der Waals surface area contributed by atoms with Crippen LogP contribution in [0.15, 0.2) is 12.1 Å². The van der Waals surface area contributed by atoms with Crippen molar-refractivity contribution in [3.8, 4) is 0 Å². The topological polar surface area (TPSA) is 83.5 Å². The number of aromatic carboxylic acids is 1. The van der Waals surface area contributed by atoms with Crippen LogP contribution in [0.25, 0.3) is 0 Å². The van der Waals surface area contributed by atoms with E-state index in [-0.39, 0.29) is 33.0 Å². The maximum absolute atomic E-state index is 11.9. The number of hydrogen-bond donors (Lipinski definition) is 2. The van der Waals surface area contributed by atoms with E-state index in [0.717, 1.165) is 12.1 Å². The van der Waals surface area contributed by atoms with Gasteiger partial charge < -0.3 is 5.11 Å². The van der Waals surface area contributed by atoms with Crippen LogP contribution in [-0.4, -0.2) is 25.2 Å². The van der Waals surface area contributed by atoms with Crippen molar-refractivity contribution in [1.29, 1.82) is 0 Å². The van der Waals surface area contributed by atoms with E-state index >= 15 is 0 Å². The molecule has 0 unspecified atom stereocenters. The number of carboxylic acids is 1. The molecule has 0 saturated carbocycles. The van der Waals surface area contributed by atoms with Gasteiger partial charge in [0, 0.05) is 0 Å². The lowest BCUT2D eigenvalue weighted by Crippen LogP contribution is -2.18. The first-order valence-electron chi connectivity index (χ1n) is 5.85. The Morgan fingerprint density at radius 1 is 1.30 bits per heavy atom. The van der Waals surface area contributed by atoms with Gasteiger partial charge in [-0.1, -0.05) is 37.0 Å². The lowest BCUT2D eigenvalue weighted by molar-refractivity contribution is 0.0697. The van der Waals surface area contributed by atoms with Crippen LogP contribution >= 0.6 is 23.2 Å². The van der Waals surface area contributed by atoms with Gasteiger partial charge >= 0.3 is 5.97 Å². The minimum atomic E-state index is -3.57. The van der Waals surface area contributed by atoms with Crippen LogP contribution in [0.3, 0.4) is 0 Å². The third kappa shape index (κ3) is 4.85. The first-order valence-corrected chi connectivity index (χ1v) is 8.26. The lowest BCUT2D eigenvalue weighted by atomic mass is 10.2. The van der Waals surface area contributed by atoms with Gasteiger partial charge in [0.1, 0.15) is 0 Å². The van der Waals surface area contributed by atoms with E-state index in [9.17, 15) is 13.2 Å². The molecule has 0 atom stereocenters. The summed E-state index contributed by atoms with van der Waals surface area (Å²) in [7, 11) is -3.57. The molecule has 0 saturated heterocycles. The van der Waals surface area contributed by atoms with Crippen molar-refractivity contribution >= 4 is 44.9 Å². The zero-order valence-electron chi connectivity index (χ0n) is 11.0. The van der Waals surface area contributed by atoms with Crippen LogP contribution in [-0.2, 0) is 10.0 Å². The Bertz CT molecular complexity index is 591. The van der Waals surface area contributed by atoms with Gasteiger partial charge in [-0.05, 0) is 24.5 Å². The minimum Gasteiger partial charge on any atom is -0.478 e. The molecule has 0 bridgehead atoms. The minimum absolute atomic E-state index is 0.00193. The molecule has 0 spiro atoms. The number of carbonyl (C=O) groups is 1. The lowest BCUT2D eigenvalue weighted by Gasteiger charge is -2.12. The maximum atomic E-state index is 11.9. The van der Waals surface area contributed by atoms with Crippen LogP contribution in [0, 0.1) is 5.92 Å². The molecule has 8 heteroatoms. The van der Waals surface area contributed by atoms with E-state index in [1.807, 2.05) is 13.8 Å². The highest BCUT2D eigenvalue weighted by Gasteiger charge is 2.18. The average Bonchev–Trinajstić information content (AvgIpc) is 2.31. The van der Waals surface area contributed by atoms with Gasteiger partial charge in [-0.2, -0.15) is 0 Å². The highest BCUT2D eigenvalue weighted by atomic mass is 35.5. The Morgan fingerprint density at radius 3 is 2.20 bits per heavy atom. The van der Waals surface area contributed by atoms with Crippen molar-refractivity contribution in [2.45, 2.75) is 20.3 Å². The molecular weight excluding hydrogens is 325 g/mol. The number of nitrogens with one attached hydrogen (secondary N) is 1. The molecule has 1 aromatic carbocycles. The van der Waals surface area contributed by atoms with Crippen LogP contribution < -0.4 is 4.72 Å². The number of benzene rings is 1. The third-order valence-corrected chi connectivity index (χ3v) is 4.40. The predicted octanol–water partition coefficient (Wildman–Crippen LogP) is 3.48. The first kappa shape index (κ1) is 17.1. The molecule has 1 aromatic rings. The van der Waals surface area contributed by atoms with Crippen molar-refractivity contribution in [3.63, 3.8) is 0 Å². The fourth-order valence-corrected chi connectivity index (χ4v) is 3.50. The predicted molar refractivity (Wildman–Crippen MR) is 80.3 cm³/mol. The first-order chi connectivity index (χ1) is 9.12. The Kier molecular flexibility index (Phi) is 5.68. The second-order valence-electron chi connectivity index (χ2n) is 4.72. The van der Waals surface area contributed by atoms with Gasteiger partial charge in [0.2, 0.25) is 10.0 Å². The average molecular weight is 340 g/mol. The molecule has 0 heterocycles. The number of halogens is 2. The van der Waals surface area contributed by atoms with E-state index in [1.54, 1.807) is 0 Å². The zero-order valence-corrected chi connectivity index (χ0v) is 13.3. The van der Waals surface area contributed by atoms with E-state index < -0.39 is 16.0 Å². The monoisotopic (exact) mass is 339 g/mol. The summed E-state index contributed by atoms with van der Waals surface area (Å²) < 4.78 is 26.1. The summed E-state index contributed by atoms with van der Waals surface area (Å²) in [6.07, 6.45) is 0.498. The smallest absolute Gasteiger partial charge is 0.335 e. The van der Waals surface area contributed by atoms with Crippen molar-refractivity contribution in [2.75, 3.05) is 10.5 Å². The van der Waals surface area contributed by atoms with Gasteiger partial charge in [-0.3, -0.25) is 4.72 Å². The Morgan fingerprint density at radius 2 is 1.80 bits per heavy atom. The summed E-state index contributed by atoms with van der Waals surface area (Å²) in [4.78, 5) is 10.8. The molecule has 0 aromatic heterocycles. The van der Waals surface area contributed by atoms with Crippen LogP contribution in [0.2, 0.25) is 10.0 Å². The standard InChI is InChI=1S/C12H15Cl2NO4S/c1-7(2)3-4-20(18,19)15-11-9(13)5-8(12(16)17)6-10(11)14/h5-7,15H,3-4H2,1-2H3,(H,16,17). The molecule has 0 aliphatic heterocycles. The van der Waals surface area contributed by atoms with Crippen molar-refractivity contribution < 1.29 is 18.3 Å². The molecule has 0 aliphatic rings. The number of anilines is 1. The molecule has 20 heavy (non-hydrogen) atoms. The quantitative estimate of drug-likeness (QED) is 0.830. The van der Waals surface area contributed by atoms with E-state index in [1.165, 1.54) is 0 Å². The van der Waals surface area contributed by atoms with Crippen molar-refractivity contribution in [3.05, 3.63) is 27.7 Å². The van der Waals surface area contributed by atoms with Gasteiger partial charge in [0.05, 0.1) is 27.0 Å². The fraction of sp³-hybridized carbons (Fsp3) is 0.417. The summed E-state index contributed by atoms with van der Waals surface area (Å²) in [5.41, 5.74) is -0.104. The van der Waals surface area contributed by atoms with Crippen LogP contribution in [0.5, 0.6) is 0 Å². The molecule has 112 valence electrons. The molecule has 0 fully saturated rings. The zero-order chi connectivity index (χ0) is 15.5. The number of rotatable bonds is 6. The van der Waals surface area contributed by atoms with E-state index in [4.69, 9.17) is 28.3 Å². The molecule has 2 N–H and O–H groups in total. The molecule has 0 aliphatic carbocycles. The number of sulfonamides is 1. The highest BCUT2D eigenvalue weighted by Crippen LogP contribution is 2.32. The number of carboxylic acid groups (broad SMARTS) is 1. The Labute approximate surface area is 127 Å². The summed E-state index contributed by atoms with van der Waals surface area (Å²) >= 11 is 11.7. The molecule has 0 radical (unpaired) electrons. The highest BCUT2D eigenvalue weighted by molar-refractivity contribution is 7.92. The van der Waals surface area contributed by atoms with Gasteiger partial charge in [0.15, 0.2) is 0 Å². The van der Waals surface area contributed by atoms with Crippen LogP contribution in [0.4, 0.5) is 5.69 Å². The second kappa shape index (κ2) is 6.65. The van der Waals surface area contributed by atoms with Crippen molar-refractivity contribution in [1.82, 2.24) is 0 Å². The maximum Gasteiger partial charge on any atom is 0.335 e. The molecule has 5 nitrogen and oxygen atoms in total. The van der Waals surface area contributed by atoms with E-state index in [0.29, 0.717) is 6.42 Å².